The van der Waals surface area contributed by atoms with E-state index in [1.165, 1.54) is 40.3 Å². The summed E-state index contributed by atoms with van der Waals surface area (Å²) in [7, 11) is 0. The van der Waals surface area contributed by atoms with Gasteiger partial charge in [0.15, 0.2) is 0 Å². The van der Waals surface area contributed by atoms with E-state index in [9.17, 15) is 0 Å². The van der Waals surface area contributed by atoms with Gasteiger partial charge in [-0.05, 0) is 51.1 Å². The Kier molecular flexibility index (Phi) is 2.73. The molecule has 0 heteroatoms. The maximum absolute atomic E-state index is 2.41. The van der Waals surface area contributed by atoms with Crippen LogP contribution in [0, 0.1) is 5.41 Å². The first-order valence-electron chi connectivity index (χ1n) is 8.31. The molecule has 0 spiro atoms. The summed E-state index contributed by atoms with van der Waals surface area (Å²) in [5.74, 6) is 0. The van der Waals surface area contributed by atoms with Crippen molar-refractivity contribution in [2.75, 3.05) is 0 Å². The fourth-order valence-corrected chi connectivity index (χ4v) is 4.42. The highest BCUT2D eigenvalue weighted by Crippen LogP contribution is 2.50. The van der Waals surface area contributed by atoms with Crippen molar-refractivity contribution in [2.24, 2.45) is 5.41 Å². The van der Waals surface area contributed by atoms with Gasteiger partial charge in [-0.2, -0.15) is 0 Å². The van der Waals surface area contributed by atoms with Crippen molar-refractivity contribution in [3.63, 3.8) is 0 Å². The van der Waals surface area contributed by atoms with Crippen LogP contribution in [0.4, 0.5) is 0 Å². The molecule has 0 N–H and O–H groups in total. The van der Waals surface area contributed by atoms with E-state index in [2.05, 4.69) is 76.2 Å². The zero-order valence-corrected chi connectivity index (χ0v) is 14.0. The summed E-state index contributed by atoms with van der Waals surface area (Å²) >= 11 is 0. The normalized spacial score (nSPS) is 21.6. The molecule has 112 valence electrons. The van der Waals surface area contributed by atoms with Crippen LogP contribution in [0.2, 0.25) is 0 Å². The standard InChI is InChI=1S/C22H24/c1-21(2)12-11-17-16(13-21)14-22(3,4)20-18-8-6-5-7-15(18)9-10-19(17)20/h5-12H,13-14H2,1-4H3. The number of hydrogen-bond acceptors (Lipinski definition) is 0. The lowest BCUT2D eigenvalue weighted by Crippen LogP contribution is -2.27. The fourth-order valence-electron chi connectivity index (χ4n) is 4.42. The van der Waals surface area contributed by atoms with Crippen LogP contribution < -0.4 is 0 Å². The minimum atomic E-state index is 0.205. The summed E-state index contributed by atoms with van der Waals surface area (Å²) < 4.78 is 0. The quantitative estimate of drug-likeness (QED) is 0.536. The highest BCUT2D eigenvalue weighted by Gasteiger charge is 2.36. The van der Waals surface area contributed by atoms with E-state index in [1.54, 1.807) is 5.57 Å². The molecule has 4 rings (SSSR count). The molecule has 2 aliphatic carbocycles. The lowest BCUT2D eigenvalue weighted by atomic mass is 9.64. The zero-order chi connectivity index (χ0) is 15.5. The second-order valence-electron chi connectivity index (χ2n) is 8.29. The lowest BCUT2D eigenvalue weighted by molar-refractivity contribution is 0.429. The Morgan fingerprint density at radius 2 is 1.64 bits per heavy atom. The van der Waals surface area contributed by atoms with Gasteiger partial charge < -0.3 is 0 Å². The van der Waals surface area contributed by atoms with E-state index in [0.717, 1.165) is 0 Å². The van der Waals surface area contributed by atoms with Crippen molar-refractivity contribution in [3.8, 4) is 0 Å². The predicted octanol–water partition coefficient (Wildman–Crippen LogP) is 6.26. The molecule has 0 aliphatic heterocycles. The average molecular weight is 288 g/mol. The Bertz CT molecular complexity index is 828. The summed E-state index contributed by atoms with van der Waals surface area (Å²) in [6.07, 6.45) is 7.14. The van der Waals surface area contributed by atoms with Crippen LogP contribution in [0.5, 0.6) is 0 Å². The van der Waals surface area contributed by atoms with Crippen LogP contribution in [-0.4, -0.2) is 0 Å². The number of hydrogen-bond donors (Lipinski definition) is 0. The Hall–Kier alpha value is -1.82. The first kappa shape index (κ1) is 13.8. The number of rotatable bonds is 0. The van der Waals surface area contributed by atoms with Crippen LogP contribution in [0.1, 0.15) is 51.7 Å². The van der Waals surface area contributed by atoms with Crippen LogP contribution in [0.15, 0.2) is 54.1 Å². The largest absolute Gasteiger partial charge is 0.0779 e. The van der Waals surface area contributed by atoms with E-state index in [4.69, 9.17) is 0 Å². The van der Waals surface area contributed by atoms with Crippen molar-refractivity contribution >= 4 is 16.3 Å². The van der Waals surface area contributed by atoms with E-state index in [-0.39, 0.29) is 5.41 Å². The number of fused-ring (bicyclic) bond motifs is 4. The SMILES string of the molecule is CC1(C)C=CC2=C(C1)CC(C)(C)c1c2ccc2ccccc12. The fraction of sp³-hybridized carbons (Fsp3) is 0.364. The van der Waals surface area contributed by atoms with Crippen molar-refractivity contribution in [3.05, 3.63) is 65.3 Å². The highest BCUT2D eigenvalue weighted by molar-refractivity contribution is 5.95. The highest BCUT2D eigenvalue weighted by atomic mass is 14.4. The third kappa shape index (κ3) is 1.97. The smallest absolute Gasteiger partial charge is 0.00538 e. The molecule has 2 aromatic rings. The number of benzene rings is 2. The van der Waals surface area contributed by atoms with E-state index in [1.807, 2.05) is 0 Å². The molecule has 0 atom stereocenters. The molecule has 0 fully saturated rings. The van der Waals surface area contributed by atoms with Gasteiger partial charge in [0.2, 0.25) is 0 Å². The van der Waals surface area contributed by atoms with Gasteiger partial charge in [0.25, 0.3) is 0 Å². The molecular weight excluding hydrogens is 264 g/mol. The van der Waals surface area contributed by atoms with Crippen LogP contribution in [0.25, 0.3) is 16.3 Å². The van der Waals surface area contributed by atoms with Crippen LogP contribution >= 0.6 is 0 Å². The lowest BCUT2D eigenvalue weighted by Gasteiger charge is -2.40. The zero-order valence-electron chi connectivity index (χ0n) is 14.0. The van der Waals surface area contributed by atoms with Gasteiger partial charge in [0, 0.05) is 0 Å². The maximum atomic E-state index is 2.41. The molecule has 0 nitrogen and oxygen atoms in total. The van der Waals surface area contributed by atoms with Crippen molar-refractivity contribution in [1.29, 1.82) is 0 Å². The molecule has 2 aliphatic rings. The van der Waals surface area contributed by atoms with Gasteiger partial charge in [-0.25, -0.2) is 0 Å². The van der Waals surface area contributed by atoms with Crippen molar-refractivity contribution in [2.45, 2.75) is 46.0 Å². The van der Waals surface area contributed by atoms with Crippen LogP contribution in [0.3, 0.4) is 0 Å². The molecule has 22 heavy (non-hydrogen) atoms. The molecule has 0 aromatic heterocycles. The Labute approximate surface area is 133 Å². The minimum absolute atomic E-state index is 0.205. The van der Waals surface area contributed by atoms with Gasteiger partial charge >= 0.3 is 0 Å². The predicted molar refractivity (Wildman–Crippen MR) is 96.0 cm³/mol. The average Bonchev–Trinajstić information content (AvgIpc) is 2.44. The van der Waals surface area contributed by atoms with E-state index >= 15 is 0 Å². The molecular formula is C22H24. The molecule has 0 amide bonds. The van der Waals surface area contributed by atoms with Gasteiger partial charge in [-0.1, -0.05) is 81.8 Å². The van der Waals surface area contributed by atoms with E-state index in [0.29, 0.717) is 5.41 Å². The van der Waals surface area contributed by atoms with Gasteiger partial charge in [0.05, 0.1) is 0 Å². The monoisotopic (exact) mass is 288 g/mol. The third-order valence-electron chi connectivity index (χ3n) is 5.30. The molecule has 0 saturated carbocycles. The van der Waals surface area contributed by atoms with Crippen molar-refractivity contribution < 1.29 is 0 Å². The topological polar surface area (TPSA) is 0 Å². The Morgan fingerprint density at radius 3 is 2.45 bits per heavy atom. The molecule has 0 radical (unpaired) electrons. The minimum Gasteiger partial charge on any atom is -0.0779 e. The molecule has 2 aromatic carbocycles. The first-order valence-corrected chi connectivity index (χ1v) is 8.31. The Balaban J connectivity index is 2.03. The third-order valence-corrected chi connectivity index (χ3v) is 5.30. The van der Waals surface area contributed by atoms with E-state index < -0.39 is 0 Å². The summed E-state index contributed by atoms with van der Waals surface area (Å²) in [5, 5.41) is 2.79. The molecule has 0 heterocycles. The molecule has 0 bridgehead atoms. The second-order valence-corrected chi connectivity index (χ2v) is 8.29. The number of allylic oxidation sites excluding steroid dienone is 4. The first-order chi connectivity index (χ1) is 10.4. The summed E-state index contributed by atoms with van der Waals surface area (Å²) in [6.45, 7) is 9.51. The summed E-state index contributed by atoms with van der Waals surface area (Å²) in [6, 6.07) is 13.5. The van der Waals surface area contributed by atoms with Gasteiger partial charge in [-0.15, -0.1) is 0 Å². The van der Waals surface area contributed by atoms with Gasteiger partial charge in [-0.3, -0.25) is 0 Å². The second kappa shape index (κ2) is 4.35. The van der Waals surface area contributed by atoms with Crippen molar-refractivity contribution in [1.82, 2.24) is 0 Å². The van der Waals surface area contributed by atoms with Crippen LogP contribution in [-0.2, 0) is 5.41 Å². The summed E-state index contributed by atoms with van der Waals surface area (Å²) in [4.78, 5) is 0. The van der Waals surface area contributed by atoms with Gasteiger partial charge in [0.1, 0.15) is 0 Å². The molecule has 0 saturated heterocycles. The Morgan fingerprint density at radius 1 is 0.864 bits per heavy atom. The maximum Gasteiger partial charge on any atom is -0.00538 e. The molecule has 0 unspecified atom stereocenters. The summed E-state index contributed by atoms with van der Waals surface area (Å²) in [5.41, 5.74) is 6.62.